The maximum Gasteiger partial charge on any atom is 0.252 e. The number of rotatable bonds is 5. The van der Waals surface area contributed by atoms with Gasteiger partial charge in [0.1, 0.15) is 35.4 Å². The fourth-order valence-electron chi connectivity index (χ4n) is 3.59. The number of pyridine rings is 2. The Balaban J connectivity index is 2.00. The molecule has 4 aromatic rings. The lowest BCUT2D eigenvalue weighted by Crippen LogP contribution is -2.22. The van der Waals surface area contributed by atoms with Crippen LogP contribution in [0.1, 0.15) is 34.6 Å². The molecule has 0 aliphatic carbocycles. The smallest absolute Gasteiger partial charge is 0.252 e. The number of carbonyl (C=O) groups is 1. The molecule has 9 nitrogen and oxygen atoms in total. The zero-order chi connectivity index (χ0) is 23.5. The average molecular weight is 442 g/mol. The number of nitrogens with one attached hydrogen (secondary N) is 2. The van der Waals surface area contributed by atoms with Crippen LogP contribution in [0.15, 0.2) is 48.9 Å². The number of halogens is 1. The van der Waals surface area contributed by atoms with Crippen molar-refractivity contribution in [2.24, 2.45) is 0 Å². The summed E-state index contributed by atoms with van der Waals surface area (Å²) in [6, 6.07) is 10.8. The van der Waals surface area contributed by atoms with Gasteiger partial charge in [-0.15, -0.1) is 0 Å². The molecule has 0 aliphatic heterocycles. The van der Waals surface area contributed by atoms with Crippen LogP contribution in [-0.4, -0.2) is 32.9 Å². The Kier molecular flexibility index (Phi) is 5.78. The van der Waals surface area contributed by atoms with Crippen LogP contribution in [-0.2, 0) is 0 Å². The zero-order valence-electron chi connectivity index (χ0n) is 17.8. The minimum Gasteiger partial charge on any atom is -0.382 e. The third-order valence-electron chi connectivity index (χ3n) is 5.10. The summed E-state index contributed by atoms with van der Waals surface area (Å²) in [5.74, 6) is -0.631. The molecule has 0 radical (unpaired) electrons. The maximum atomic E-state index is 14.1. The summed E-state index contributed by atoms with van der Waals surface area (Å²) in [4.78, 5) is 30.1. The third-order valence-corrected chi connectivity index (χ3v) is 5.10. The number of nitrogens with zero attached hydrogens (tertiary/aromatic N) is 5. The fraction of sp³-hybridized carbons (Fsp3) is 0.130. The average Bonchev–Trinajstić information content (AvgIpc) is 2.83. The first-order valence-corrected chi connectivity index (χ1v) is 9.98. The van der Waals surface area contributed by atoms with Gasteiger partial charge in [0.15, 0.2) is 0 Å². The normalized spacial score (nSPS) is 11.6. The zero-order valence-corrected chi connectivity index (χ0v) is 17.8. The van der Waals surface area contributed by atoms with Crippen LogP contribution in [0.3, 0.4) is 0 Å². The lowest BCUT2D eigenvalue weighted by Gasteiger charge is -2.21. The Morgan fingerprint density at radius 3 is 2.73 bits per heavy atom. The number of fused-ring (bicyclic) bond motifs is 1. The highest BCUT2D eigenvalue weighted by molar-refractivity contribution is 6.11. The molecule has 1 aromatic carbocycles. The lowest BCUT2D eigenvalue weighted by atomic mass is 9.94. The molecular weight excluding hydrogens is 423 g/mol. The topological polar surface area (TPSA) is 142 Å². The van der Waals surface area contributed by atoms with Crippen LogP contribution in [0.4, 0.5) is 16.0 Å². The molecule has 0 fully saturated rings. The summed E-state index contributed by atoms with van der Waals surface area (Å²) < 4.78 is 14.1. The second kappa shape index (κ2) is 8.84. The molecule has 33 heavy (non-hydrogen) atoms. The van der Waals surface area contributed by atoms with Gasteiger partial charge in [-0.05, 0) is 37.3 Å². The Morgan fingerprint density at radius 2 is 2.03 bits per heavy atom. The van der Waals surface area contributed by atoms with Crippen molar-refractivity contribution in [1.82, 2.24) is 25.3 Å². The first-order chi connectivity index (χ1) is 15.9. The van der Waals surface area contributed by atoms with Crippen molar-refractivity contribution in [3.8, 4) is 17.3 Å². The van der Waals surface area contributed by atoms with E-state index in [9.17, 15) is 14.4 Å². The van der Waals surface area contributed by atoms with Gasteiger partial charge < -0.3 is 16.4 Å². The van der Waals surface area contributed by atoms with Crippen LogP contribution in [0.25, 0.3) is 22.2 Å². The van der Waals surface area contributed by atoms with Crippen LogP contribution in [0, 0.1) is 17.1 Å². The van der Waals surface area contributed by atoms with Gasteiger partial charge in [-0.1, -0.05) is 6.07 Å². The van der Waals surface area contributed by atoms with Gasteiger partial charge in [-0.3, -0.25) is 9.78 Å². The standard InChI is InChI=1S/C23H19FN8O/c1-12(31-22-15(10-25)21(26)29-11-30-22)20-19(17-5-3-4-8-28-17)18(23(33)27-2)14-9-13(24)6-7-16(14)32-20/h3-9,11-12H,1-2H3,(H,27,33)(H3,26,29,30,31)/t12-/m0/s1. The van der Waals surface area contributed by atoms with Gasteiger partial charge in [0.05, 0.1) is 28.5 Å². The Labute approximate surface area is 188 Å². The summed E-state index contributed by atoms with van der Waals surface area (Å²) in [6.07, 6.45) is 2.84. The number of nitriles is 1. The molecule has 0 saturated carbocycles. The number of anilines is 2. The van der Waals surface area contributed by atoms with Gasteiger partial charge in [0.25, 0.3) is 5.91 Å². The third kappa shape index (κ3) is 3.99. The van der Waals surface area contributed by atoms with E-state index in [0.29, 0.717) is 27.9 Å². The molecule has 10 heteroatoms. The van der Waals surface area contributed by atoms with Gasteiger partial charge >= 0.3 is 0 Å². The molecular formula is C23H19FN8O. The highest BCUT2D eigenvalue weighted by atomic mass is 19.1. The highest BCUT2D eigenvalue weighted by Crippen LogP contribution is 2.35. The second-order valence-corrected chi connectivity index (χ2v) is 7.16. The van der Waals surface area contributed by atoms with Crippen molar-refractivity contribution in [3.05, 3.63) is 71.6 Å². The van der Waals surface area contributed by atoms with Crippen LogP contribution in [0.2, 0.25) is 0 Å². The molecule has 3 heterocycles. The molecule has 1 amide bonds. The van der Waals surface area contributed by atoms with Gasteiger partial charge in [0, 0.05) is 24.2 Å². The predicted octanol–water partition coefficient (Wildman–Crippen LogP) is 3.21. The molecule has 0 bridgehead atoms. The summed E-state index contributed by atoms with van der Waals surface area (Å²) >= 11 is 0. The molecule has 4 rings (SSSR count). The van der Waals surface area contributed by atoms with Crippen molar-refractivity contribution < 1.29 is 9.18 Å². The Hall–Kier alpha value is -4.65. The molecule has 3 aromatic heterocycles. The molecule has 1 atom stereocenters. The number of hydrogen-bond acceptors (Lipinski definition) is 8. The van der Waals surface area contributed by atoms with Gasteiger partial charge in [-0.2, -0.15) is 5.26 Å². The van der Waals surface area contributed by atoms with E-state index >= 15 is 0 Å². The largest absolute Gasteiger partial charge is 0.382 e. The summed E-state index contributed by atoms with van der Waals surface area (Å²) in [7, 11) is 1.50. The predicted molar refractivity (Wildman–Crippen MR) is 122 cm³/mol. The molecule has 0 aliphatic rings. The second-order valence-electron chi connectivity index (χ2n) is 7.16. The monoisotopic (exact) mass is 442 g/mol. The SMILES string of the molecule is CNC(=O)c1c(-c2ccccn2)c([C@H](C)Nc2ncnc(N)c2C#N)nc2ccc(F)cc12. The van der Waals surface area contributed by atoms with Crippen molar-refractivity contribution in [2.45, 2.75) is 13.0 Å². The van der Waals surface area contributed by atoms with E-state index in [-0.39, 0.29) is 22.8 Å². The summed E-state index contributed by atoms with van der Waals surface area (Å²) in [5.41, 5.74) is 7.97. The molecule has 0 spiro atoms. The van der Waals surface area contributed by atoms with Crippen molar-refractivity contribution in [2.75, 3.05) is 18.1 Å². The molecule has 164 valence electrons. The fourth-order valence-corrected chi connectivity index (χ4v) is 3.59. The maximum absolute atomic E-state index is 14.1. The van der Waals surface area contributed by atoms with E-state index < -0.39 is 17.8 Å². The first-order valence-electron chi connectivity index (χ1n) is 9.98. The Morgan fingerprint density at radius 1 is 1.21 bits per heavy atom. The minimum atomic E-state index is -0.540. The summed E-state index contributed by atoms with van der Waals surface area (Å²) in [5, 5.41) is 15.6. The minimum absolute atomic E-state index is 0.0418. The van der Waals surface area contributed by atoms with Crippen LogP contribution >= 0.6 is 0 Å². The van der Waals surface area contributed by atoms with Gasteiger partial charge in [0.2, 0.25) is 0 Å². The molecule has 4 N–H and O–H groups in total. The van der Waals surface area contributed by atoms with E-state index in [4.69, 9.17) is 10.7 Å². The van der Waals surface area contributed by atoms with E-state index in [0.717, 1.165) is 0 Å². The Bertz CT molecular complexity index is 1400. The summed E-state index contributed by atoms with van der Waals surface area (Å²) in [6.45, 7) is 1.80. The van der Waals surface area contributed by atoms with Crippen molar-refractivity contribution in [1.29, 1.82) is 5.26 Å². The number of nitrogens with two attached hydrogens (primary N) is 1. The number of aromatic nitrogens is 4. The van der Waals surface area contributed by atoms with Crippen molar-refractivity contribution >= 4 is 28.4 Å². The molecule has 0 saturated heterocycles. The van der Waals surface area contributed by atoms with Gasteiger partial charge in [-0.25, -0.2) is 19.3 Å². The highest BCUT2D eigenvalue weighted by Gasteiger charge is 2.26. The number of hydrogen-bond donors (Lipinski definition) is 3. The number of carbonyl (C=O) groups excluding carboxylic acids is 1. The van der Waals surface area contributed by atoms with Crippen molar-refractivity contribution in [3.63, 3.8) is 0 Å². The number of nitrogen functional groups attached to an aromatic ring is 1. The van der Waals surface area contributed by atoms with E-state index in [1.54, 1.807) is 31.3 Å². The van der Waals surface area contributed by atoms with E-state index in [1.807, 2.05) is 6.07 Å². The molecule has 0 unspecified atom stereocenters. The number of benzene rings is 1. The number of amides is 1. The van der Waals surface area contributed by atoms with E-state index in [2.05, 4.69) is 25.6 Å². The van der Waals surface area contributed by atoms with E-state index in [1.165, 1.54) is 31.6 Å². The van der Waals surface area contributed by atoms with Crippen LogP contribution < -0.4 is 16.4 Å². The quantitative estimate of drug-likeness (QED) is 0.428. The lowest BCUT2D eigenvalue weighted by molar-refractivity contribution is 0.0965. The first kappa shape index (κ1) is 21.6. The van der Waals surface area contributed by atoms with Crippen LogP contribution in [0.5, 0.6) is 0 Å².